The zero-order valence-corrected chi connectivity index (χ0v) is 4.07. The van der Waals surface area contributed by atoms with E-state index in [0.717, 1.165) is 0 Å². The fourth-order valence-corrected chi connectivity index (χ4v) is 0.349. The Hall–Kier alpha value is -1.32. The molecule has 0 aliphatic heterocycles. The van der Waals surface area contributed by atoms with E-state index in [1.54, 1.807) is 0 Å². The van der Waals surface area contributed by atoms with Gasteiger partial charge in [-0.05, 0) is 0 Å². The van der Waals surface area contributed by atoms with Crippen LogP contribution in [0.3, 0.4) is 0 Å². The van der Waals surface area contributed by atoms with E-state index in [1.165, 1.54) is 18.7 Å². The zero-order valence-electron chi connectivity index (χ0n) is 4.07. The van der Waals surface area contributed by atoms with Crippen LogP contribution in [0.25, 0.3) is 0 Å². The third-order valence-electron chi connectivity index (χ3n) is 0.676. The summed E-state index contributed by atoms with van der Waals surface area (Å²) >= 11 is 0. The van der Waals surface area contributed by atoms with Gasteiger partial charge >= 0.3 is 0 Å². The minimum absolute atomic E-state index is 0.479. The van der Waals surface area contributed by atoms with E-state index in [0.29, 0.717) is 5.69 Å². The van der Waals surface area contributed by atoms with Crippen LogP contribution >= 0.6 is 0 Å². The lowest BCUT2D eigenvalue weighted by Crippen LogP contribution is -1.70. The molecule has 0 unspecified atom stereocenters. The predicted molar refractivity (Wildman–Crippen MR) is 26.8 cm³/mol. The summed E-state index contributed by atoms with van der Waals surface area (Å²) in [7, 11) is 0. The Bertz CT molecular complexity index is 171. The Balaban J connectivity index is 2.99. The van der Waals surface area contributed by atoms with Crippen molar-refractivity contribution in [3.8, 4) is 0 Å². The number of nitrogens with one attached hydrogen (secondary N) is 1. The van der Waals surface area contributed by atoms with E-state index >= 15 is 0 Å². The molecule has 0 radical (unpaired) electrons. The minimum atomic E-state index is 0.479. The van der Waals surface area contributed by atoms with Gasteiger partial charge in [-0.2, -0.15) is 5.11 Å². The first-order chi connectivity index (χ1) is 3.93. The fourth-order valence-electron chi connectivity index (χ4n) is 0.349. The number of hydrogen-bond acceptors (Lipinski definition) is 4. The van der Waals surface area contributed by atoms with Crippen LogP contribution < -0.4 is 0 Å². The van der Waals surface area contributed by atoms with Crippen molar-refractivity contribution in [2.75, 3.05) is 0 Å². The second kappa shape index (κ2) is 2.11. The molecule has 0 aromatic carbocycles. The van der Waals surface area contributed by atoms with Crippen LogP contribution in [0.1, 0.15) is 0 Å². The molecule has 1 N–H and O–H groups in total. The summed E-state index contributed by atoms with van der Waals surface area (Å²) < 4.78 is 0. The van der Waals surface area contributed by atoms with Crippen LogP contribution in [0.2, 0.25) is 0 Å². The molecule has 0 spiro atoms. The van der Waals surface area contributed by atoms with Gasteiger partial charge < -0.3 is 0 Å². The van der Waals surface area contributed by atoms with Gasteiger partial charge in [0, 0.05) is 0 Å². The highest BCUT2D eigenvalue weighted by Gasteiger charge is 1.81. The molecule has 0 saturated carbocycles. The average Bonchev–Trinajstić information content (AvgIpc) is 1.90. The summed E-state index contributed by atoms with van der Waals surface area (Å²) in [5.74, 6) is 0. The summed E-state index contributed by atoms with van der Waals surface area (Å²) in [5, 5.41) is 3.10. The molecule has 0 amide bonds. The van der Waals surface area contributed by atoms with Crippen LogP contribution in [0, 0.1) is 5.53 Å². The lowest BCUT2D eigenvalue weighted by molar-refractivity contribution is 1.08. The normalized spacial score (nSPS) is 8.50. The van der Waals surface area contributed by atoms with Crippen LogP contribution in [-0.4, -0.2) is 9.97 Å². The predicted octanol–water partition coefficient (Wildman–Crippen LogP) is 1.14. The fraction of sp³-hybridized carbons (Fsp3) is 0. The second-order valence-corrected chi connectivity index (χ2v) is 1.21. The van der Waals surface area contributed by atoms with E-state index in [9.17, 15) is 0 Å². The standard InChI is InChI=1S/C4H4N4/c5-8-4-1-6-3-7-2-4/h1-3,5H. The van der Waals surface area contributed by atoms with Gasteiger partial charge in [0.15, 0.2) is 0 Å². The highest BCUT2D eigenvalue weighted by Crippen LogP contribution is 2.02. The molecule has 1 aromatic rings. The lowest BCUT2D eigenvalue weighted by Gasteiger charge is -1.81. The maximum atomic E-state index is 6.49. The molecular weight excluding hydrogens is 104 g/mol. The zero-order chi connectivity index (χ0) is 5.82. The van der Waals surface area contributed by atoms with Crippen molar-refractivity contribution in [2.24, 2.45) is 5.11 Å². The summed E-state index contributed by atoms with van der Waals surface area (Å²) in [4.78, 5) is 7.26. The van der Waals surface area contributed by atoms with Crippen molar-refractivity contribution in [1.29, 1.82) is 5.53 Å². The first kappa shape index (κ1) is 4.83. The molecule has 1 rings (SSSR count). The van der Waals surface area contributed by atoms with Crippen molar-refractivity contribution >= 4 is 5.69 Å². The van der Waals surface area contributed by atoms with Gasteiger partial charge in [-0.1, -0.05) is 0 Å². The van der Waals surface area contributed by atoms with E-state index in [-0.39, 0.29) is 0 Å². The smallest absolute Gasteiger partial charge is 0.122 e. The summed E-state index contributed by atoms with van der Waals surface area (Å²) in [5.41, 5.74) is 6.97. The molecule has 8 heavy (non-hydrogen) atoms. The van der Waals surface area contributed by atoms with Gasteiger partial charge in [0.1, 0.15) is 12.0 Å². The first-order valence-electron chi connectivity index (χ1n) is 2.06. The van der Waals surface area contributed by atoms with Crippen LogP contribution in [0.15, 0.2) is 23.8 Å². The lowest BCUT2D eigenvalue weighted by atomic mass is 10.6. The van der Waals surface area contributed by atoms with Gasteiger partial charge in [-0.3, -0.25) is 0 Å². The van der Waals surface area contributed by atoms with Crippen LogP contribution in [-0.2, 0) is 0 Å². The number of rotatable bonds is 1. The largest absolute Gasteiger partial charge is 0.243 e. The molecule has 0 aliphatic carbocycles. The van der Waals surface area contributed by atoms with E-state index in [4.69, 9.17) is 5.53 Å². The summed E-state index contributed by atoms with van der Waals surface area (Å²) in [6.07, 6.45) is 4.34. The minimum Gasteiger partial charge on any atom is -0.243 e. The number of nitrogens with zero attached hydrogens (tertiary/aromatic N) is 3. The molecule has 0 bridgehead atoms. The summed E-state index contributed by atoms with van der Waals surface area (Å²) in [6.45, 7) is 0. The molecule has 0 saturated heterocycles. The monoisotopic (exact) mass is 108 g/mol. The molecule has 0 aliphatic rings. The van der Waals surface area contributed by atoms with Crippen molar-refractivity contribution in [1.82, 2.24) is 9.97 Å². The molecule has 40 valence electrons. The van der Waals surface area contributed by atoms with Crippen molar-refractivity contribution < 1.29 is 0 Å². The third-order valence-corrected chi connectivity index (χ3v) is 0.676. The van der Waals surface area contributed by atoms with Crippen LogP contribution in [0.4, 0.5) is 5.69 Å². The van der Waals surface area contributed by atoms with Crippen molar-refractivity contribution in [3.05, 3.63) is 18.7 Å². The second-order valence-electron chi connectivity index (χ2n) is 1.21. The molecule has 1 aromatic heterocycles. The molecule has 4 nitrogen and oxygen atoms in total. The van der Waals surface area contributed by atoms with E-state index < -0.39 is 0 Å². The third kappa shape index (κ3) is 0.841. The van der Waals surface area contributed by atoms with Crippen molar-refractivity contribution in [2.45, 2.75) is 0 Å². The molecule has 1 heterocycles. The molecule has 4 heteroatoms. The first-order valence-corrected chi connectivity index (χ1v) is 2.06. The Morgan fingerprint density at radius 2 is 2.00 bits per heavy atom. The van der Waals surface area contributed by atoms with E-state index in [2.05, 4.69) is 15.1 Å². The maximum Gasteiger partial charge on any atom is 0.122 e. The SMILES string of the molecule is N=Nc1cncnc1. The topological polar surface area (TPSA) is 62.0 Å². The Kier molecular flexibility index (Phi) is 1.27. The molecule has 0 atom stereocenters. The van der Waals surface area contributed by atoms with Gasteiger partial charge in [0.2, 0.25) is 0 Å². The molecular formula is C4H4N4. The van der Waals surface area contributed by atoms with Gasteiger partial charge in [0.25, 0.3) is 0 Å². The highest BCUT2D eigenvalue weighted by molar-refractivity contribution is 5.26. The maximum absolute atomic E-state index is 6.49. The van der Waals surface area contributed by atoms with Gasteiger partial charge in [0.05, 0.1) is 12.4 Å². The van der Waals surface area contributed by atoms with Crippen LogP contribution in [0.5, 0.6) is 0 Å². The Labute approximate surface area is 46.1 Å². The van der Waals surface area contributed by atoms with Crippen molar-refractivity contribution in [3.63, 3.8) is 0 Å². The number of aromatic nitrogens is 2. The average molecular weight is 108 g/mol. The quantitative estimate of drug-likeness (QED) is 0.548. The Morgan fingerprint density at radius 1 is 1.38 bits per heavy atom. The Morgan fingerprint density at radius 3 is 2.38 bits per heavy atom. The van der Waals surface area contributed by atoms with Gasteiger partial charge in [-0.25, -0.2) is 15.5 Å². The van der Waals surface area contributed by atoms with E-state index in [1.807, 2.05) is 0 Å². The number of hydrogen-bond donors (Lipinski definition) is 1. The van der Waals surface area contributed by atoms with Gasteiger partial charge in [-0.15, -0.1) is 0 Å². The molecule has 0 fully saturated rings. The summed E-state index contributed by atoms with van der Waals surface area (Å²) in [6, 6.07) is 0. The highest BCUT2D eigenvalue weighted by atomic mass is 15.0.